The number of rotatable bonds is 4. The van der Waals surface area contributed by atoms with Crippen molar-refractivity contribution in [3.63, 3.8) is 0 Å². The zero-order valence-electron chi connectivity index (χ0n) is 7.16. The van der Waals surface area contributed by atoms with Crippen molar-refractivity contribution in [2.24, 2.45) is 5.73 Å². The van der Waals surface area contributed by atoms with E-state index in [2.05, 4.69) is 11.9 Å². The van der Waals surface area contributed by atoms with E-state index in [1.54, 1.807) is 11.3 Å². The van der Waals surface area contributed by atoms with Crippen LogP contribution in [0.3, 0.4) is 0 Å². The fraction of sp³-hybridized carbons (Fsp3) is 0.625. The minimum atomic E-state index is -0.591. The molecule has 0 amide bonds. The van der Waals surface area contributed by atoms with Crippen LogP contribution >= 0.6 is 11.3 Å². The molecule has 3 nitrogen and oxygen atoms in total. The summed E-state index contributed by atoms with van der Waals surface area (Å²) in [6.07, 6.45) is 1.49. The van der Waals surface area contributed by atoms with Crippen LogP contribution in [-0.2, 0) is 6.42 Å². The van der Waals surface area contributed by atoms with Crippen molar-refractivity contribution in [1.29, 1.82) is 0 Å². The van der Waals surface area contributed by atoms with E-state index < -0.39 is 6.10 Å². The SMILES string of the molecule is CCCc1nc(C(O)CN)cs1. The fourth-order valence-corrected chi connectivity index (χ4v) is 1.87. The molecule has 0 fully saturated rings. The number of aliphatic hydroxyl groups excluding tert-OH is 1. The highest BCUT2D eigenvalue weighted by atomic mass is 32.1. The van der Waals surface area contributed by atoms with E-state index in [1.807, 2.05) is 5.38 Å². The van der Waals surface area contributed by atoms with E-state index in [1.165, 1.54) is 0 Å². The lowest BCUT2D eigenvalue weighted by Crippen LogP contribution is -2.11. The Balaban J connectivity index is 2.63. The highest BCUT2D eigenvalue weighted by molar-refractivity contribution is 7.09. The Morgan fingerprint density at radius 2 is 2.50 bits per heavy atom. The number of nitrogens with zero attached hydrogens (tertiary/aromatic N) is 1. The Morgan fingerprint density at radius 3 is 3.08 bits per heavy atom. The Bertz CT molecular complexity index is 237. The van der Waals surface area contributed by atoms with Gasteiger partial charge in [0.1, 0.15) is 6.10 Å². The Morgan fingerprint density at radius 1 is 1.75 bits per heavy atom. The predicted octanol–water partition coefficient (Wildman–Crippen LogP) is 1.09. The quantitative estimate of drug-likeness (QED) is 0.740. The van der Waals surface area contributed by atoms with Crippen molar-refractivity contribution >= 4 is 11.3 Å². The zero-order valence-corrected chi connectivity index (χ0v) is 7.97. The summed E-state index contributed by atoms with van der Waals surface area (Å²) in [5.41, 5.74) is 6.02. The maximum Gasteiger partial charge on any atom is 0.109 e. The molecule has 4 heteroatoms. The summed E-state index contributed by atoms with van der Waals surface area (Å²) >= 11 is 1.59. The lowest BCUT2D eigenvalue weighted by molar-refractivity contribution is 0.182. The van der Waals surface area contributed by atoms with E-state index >= 15 is 0 Å². The molecule has 1 aromatic rings. The van der Waals surface area contributed by atoms with Gasteiger partial charge in [0.15, 0.2) is 0 Å². The summed E-state index contributed by atoms with van der Waals surface area (Å²) in [6, 6.07) is 0. The third-order valence-electron chi connectivity index (χ3n) is 1.60. The number of aliphatic hydroxyl groups is 1. The van der Waals surface area contributed by atoms with E-state index in [4.69, 9.17) is 5.73 Å². The number of thiazole rings is 1. The summed E-state index contributed by atoms with van der Waals surface area (Å²) < 4.78 is 0. The molecule has 12 heavy (non-hydrogen) atoms. The molecule has 0 aliphatic rings. The predicted molar refractivity (Wildman–Crippen MR) is 50.1 cm³/mol. The van der Waals surface area contributed by atoms with E-state index in [9.17, 15) is 5.11 Å². The molecule has 0 radical (unpaired) electrons. The fourth-order valence-electron chi connectivity index (χ4n) is 0.928. The highest BCUT2D eigenvalue weighted by Gasteiger charge is 2.08. The molecule has 1 atom stereocenters. The number of hydrogen-bond donors (Lipinski definition) is 2. The Hall–Kier alpha value is -0.450. The molecule has 68 valence electrons. The van der Waals surface area contributed by atoms with Gasteiger partial charge >= 0.3 is 0 Å². The molecule has 0 aliphatic carbocycles. The normalized spacial score (nSPS) is 13.2. The third kappa shape index (κ3) is 2.27. The van der Waals surface area contributed by atoms with Crippen LogP contribution in [0.5, 0.6) is 0 Å². The van der Waals surface area contributed by atoms with Gasteiger partial charge in [-0.1, -0.05) is 6.92 Å². The third-order valence-corrected chi connectivity index (χ3v) is 2.52. The summed E-state index contributed by atoms with van der Waals surface area (Å²) in [6.45, 7) is 2.36. The van der Waals surface area contributed by atoms with Gasteiger partial charge < -0.3 is 10.8 Å². The highest BCUT2D eigenvalue weighted by Crippen LogP contribution is 2.16. The molecular formula is C8H14N2OS. The smallest absolute Gasteiger partial charge is 0.109 e. The molecule has 1 aromatic heterocycles. The molecular weight excluding hydrogens is 172 g/mol. The molecule has 0 aromatic carbocycles. The first kappa shape index (κ1) is 9.64. The second-order valence-electron chi connectivity index (χ2n) is 2.67. The van der Waals surface area contributed by atoms with E-state index in [-0.39, 0.29) is 6.54 Å². The molecule has 0 saturated heterocycles. The summed E-state index contributed by atoms with van der Waals surface area (Å²) in [5.74, 6) is 0. The zero-order chi connectivity index (χ0) is 8.97. The van der Waals surface area contributed by atoms with Crippen LogP contribution in [0.15, 0.2) is 5.38 Å². The topological polar surface area (TPSA) is 59.1 Å². The molecule has 0 aliphatic heterocycles. The first-order chi connectivity index (χ1) is 5.77. The van der Waals surface area contributed by atoms with Crippen LogP contribution in [0, 0.1) is 0 Å². The van der Waals surface area contributed by atoms with Crippen LogP contribution in [-0.4, -0.2) is 16.6 Å². The van der Waals surface area contributed by atoms with Crippen molar-refractivity contribution in [2.75, 3.05) is 6.54 Å². The van der Waals surface area contributed by atoms with Crippen LogP contribution in [0.2, 0.25) is 0 Å². The van der Waals surface area contributed by atoms with Gasteiger partial charge in [0.25, 0.3) is 0 Å². The van der Waals surface area contributed by atoms with Gasteiger partial charge in [0, 0.05) is 11.9 Å². The number of nitrogens with two attached hydrogens (primary N) is 1. The average molecular weight is 186 g/mol. The second-order valence-corrected chi connectivity index (χ2v) is 3.61. The summed E-state index contributed by atoms with van der Waals surface area (Å²) in [5, 5.41) is 12.3. The van der Waals surface area contributed by atoms with Gasteiger partial charge in [0.2, 0.25) is 0 Å². The lowest BCUT2D eigenvalue weighted by Gasteiger charge is -2.01. The standard InChI is InChI=1S/C8H14N2OS/c1-2-3-8-10-6(5-12-8)7(11)4-9/h5,7,11H,2-4,9H2,1H3. The summed E-state index contributed by atoms with van der Waals surface area (Å²) in [7, 11) is 0. The maximum absolute atomic E-state index is 9.33. The number of aryl methyl sites for hydroxylation is 1. The molecule has 0 bridgehead atoms. The molecule has 1 unspecified atom stereocenters. The monoisotopic (exact) mass is 186 g/mol. The van der Waals surface area contributed by atoms with Crippen molar-refractivity contribution in [1.82, 2.24) is 4.98 Å². The molecule has 3 N–H and O–H groups in total. The van der Waals surface area contributed by atoms with Gasteiger partial charge in [-0.3, -0.25) is 0 Å². The summed E-state index contributed by atoms with van der Waals surface area (Å²) in [4.78, 5) is 4.26. The first-order valence-electron chi connectivity index (χ1n) is 4.10. The van der Waals surface area contributed by atoms with E-state index in [0.717, 1.165) is 17.8 Å². The van der Waals surface area contributed by atoms with Crippen molar-refractivity contribution in [2.45, 2.75) is 25.9 Å². The minimum Gasteiger partial charge on any atom is -0.385 e. The maximum atomic E-state index is 9.33. The van der Waals surface area contributed by atoms with Crippen molar-refractivity contribution in [3.05, 3.63) is 16.1 Å². The van der Waals surface area contributed by atoms with Gasteiger partial charge in [-0.15, -0.1) is 11.3 Å². The number of aromatic nitrogens is 1. The largest absolute Gasteiger partial charge is 0.385 e. The van der Waals surface area contributed by atoms with Crippen LogP contribution < -0.4 is 5.73 Å². The number of hydrogen-bond acceptors (Lipinski definition) is 4. The van der Waals surface area contributed by atoms with Crippen molar-refractivity contribution in [3.8, 4) is 0 Å². The molecule has 1 heterocycles. The van der Waals surface area contributed by atoms with Gasteiger partial charge in [-0.2, -0.15) is 0 Å². The van der Waals surface area contributed by atoms with Crippen LogP contribution in [0.4, 0.5) is 0 Å². The second kappa shape index (κ2) is 4.54. The Kier molecular flexibility index (Phi) is 3.65. The van der Waals surface area contributed by atoms with Gasteiger partial charge in [0.05, 0.1) is 10.7 Å². The first-order valence-corrected chi connectivity index (χ1v) is 4.98. The minimum absolute atomic E-state index is 0.245. The molecule has 0 spiro atoms. The van der Waals surface area contributed by atoms with Gasteiger partial charge in [-0.25, -0.2) is 4.98 Å². The average Bonchev–Trinajstić information content (AvgIpc) is 2.52. The molecule has 1 rings (SSSR count). The van der Waals surface area contributed by atoms with E-state index in [0.29, 0.717) is 5.69 Å². The molecule has 0 saturated carbocycles. The lowest BCUT2D eigenvalue weighted by atomic mass is 10.3. The van der Waals surface area contributed by atoms with Crippen molar-refractivity contribution < 1.29 is 5.11 Å². The van der Waals surface area contributed by atoms with Gasteiger partial charge in [-0.05, 0) is 12.8 Å². The van der Waals surface area contributed by atoms with Crippen LogP contribution in [0.25, 0.3) is 0 Å². The van der Waals surface area contributed by atoms with Crippen LogP contribution in [0.1, 0.15) is 30.2 Å². The Labute approximate surface area is 76.3 Å².